The third kappa shape index (κ3) is 10.9. The van der Waals surface area contributed by atoms with Crippen molar-refractivity contribution in [3.8, 4) is 0 Å². The minimum atomic E-state index is -2.23. The Kier molecular flexibility index (Phi) is 18.5. The van der Waals surface area contributed by atoms with Gasteiger partial charge in [0.1, 0.15) is 0 Å². The van der Waals surface area contributed by atoms with Crippen LogP contribution in [0.4, 0.5) is 8.63 Å². The van der Waals surface area contributed by atoms with Gasteiger partial charge in [0.2, 0.25) is 0 Å². The van der Waals surface area contributed by atoms with Crippen LogP contribution in [0.15, 0.2) is 0 Å². The van der Waals surface area contributed by atoms with Crippen molar-refractivity contribution in [1.82, 2.24) is 0 Å². The standard InChI is InChI=1S/C2H4BBrF2.FH.K/c1-2(4)3(5)6;;/h2H,1H3;1H;/q;;+1/p-1. The van der Waals surface area contributed by atoms with E-state index < -0.39 is 12.0 Å². The van der Waals surface area contributed by atoms with Gasteiger partial charge in [0.05, 0.1) is 4.73 Å². The second-order valence-electron chi connectivity index (χ2n) is 1.01. The van der Waals surface area contributed by atoms with E-state index in [0.717, 1.165) is 0 Å². The number of hydrogen-bond acceptors (Lipinski definition) is 0. The molecule has 6 heteroatoms. The van der Waals surface area contributed by atoms with Crippen LogP contribution >= 0.6 is 15.9 Å². The number of rotatable bonds is 1. The third-order valence-electron chi connectivity index (χ3n) is 0.347. The molecule has 0 aromatic heterocycles. The fourth-order valence-electron chi connectivity index (χ4n) is 0. The molecule has 8 heavy (non-hydrogen) atoms. The maximum Gasteiger partial charge on any atom is 1.00 e. The smallest absolute Gasteiger partial charge is 1.00 e. The van der Waals surface area contributed by atoms with Gasteiger partial charge in [-0.15, -0.1) is 0 Å². The van der Waals surface area contributed by atoms with E-state index in [1.54, 1.807) is 0 Å². The van der Waals surface area contributed by atoms with Crippen LogP contribution in [0.2, 0.25) is 0 Å². The molecule has 0 bridgehead atoms. The van der Waals surface area contributed by atoms with Gasteiger partial charge in [0.25, 0.3) is 0 Å². The van der Waals surface area contributed by atoms with Crippen LogP contribution in [0.5, 0.6) is 0 Å². The van der Waals surface area contributed by atoms with Crippen LogP contribution in [0, 0.1) is 0 Å². The summed E-state index contributed by atoms with van der Waals surface area (Å²) in [4.78, 5) is 0. The predicted molar refractivity (Wildman–Crippen MR) is 26.4 cm³/mol. The van der Waals surface area contributed by atoms with E-state index in [-0.39, 0.29) is 56.1 Å². The Hall–Kier alpha value is 1.97. The molecular formula is C2H4BBrF3K. The number of halogens is 4. The molecule has 0 aliphatic carbocycles. The fraction of sp³-hybridized carbons (Fsp3) is 1.00. The van der Waals surface area contributed by atoms with Crippen LogP contribution < -0.4 is 56.1 Å². The Morgan fingerprint density at radius 1 is 1.50 bits per heavy atom. The quantitative estimate of drug-likeness (QED) is 0.307. The molecule has 0 heterocycles. The molecule has 1 atom stereocenters. The molecule has 0 spiro atoms. The predicted octanol–water partition coefficient (Wildman–Crippen LogP) is -4.26. The molecule has 1 unspecified atom stereocenters. The summed E-state index contributed by atoms with van der Waals surface area (Å²) in [6.07, 6.45) is 0. The molecule has 44 valence electrons. The normalized spacial score (nSPS) is 10.5. The van der Waals surface area contributed by atoms with Crippen molar-refractivity contribution in [3.63, 3.8) is 0 Å². The second kappa shape index (κ2) is 8.97. The summed E-state index contributed by atoms with van der Waals surface area (Å²) in [5.74, 6) is 0. The Morgan fingerprint density at radius 3 is 1.62 bits per heavy atom. The monoisotopic (exact) mass is 214 g/mol. The van der Waals surface area contributed by atoms with Gasteiger partial charge in [-0.2, -0.15) is 0 Å². The minimum Gasteiger partial charge on any atom is -1.00 e. The summed E-state index contributed by atoms with van der Waals surface area (Å²) >= 11 is 2.69. The first kappa shape index (κ1) is 16.5. The van der Waals surface area contributed by atoms with Crippen molar-refractivity contribution >= 4 is 23.2 Å². The summed E-state index contributed by atoms with van der Waals surface area (Å²) in [5.41, 5.74) is 0. The topological polar surface area (TPSA) is 0 Å². The van der Waals surface area contributed by atoms with E-state index in [4.69, 9.17) is 0 Å². The first-order chi connectivity index (χ1) is 2.64. The second-order valence-corrected chi connectivity index (χ2v) is 2.46. The number of alkyl halides is 1. The van der Waals surface area contributed by atoms with Gasteiger partial charge in [-0.05, 0) is 0 Å². The van der Waals surface area contributed by atoms with Gasteiger partial charge < -0.3 is 4.70 Å². The van der Waals surface area contributed by atoms with Gasteiger partial charge >= 0.3 is 58.7 Å². The van der Waals surface area contributed by atoms with E-state index in [1.807, 2.05) is 0 Å². The van der Waals surface area contributed by atoms with Crippen LogP contribution in [-0.4, -0.2) is 12.0 Å². The molecule has 0 aromatic carbocycles. The Morgan fingerprint density at radius 2 is 1.62 bits per heavy atom. The number of hydrogen-bond donors (Lipinski definition) is 0. The van der Waals surface area contributed by atoms with Crippen LogP contribution in [0.3, 0.4) is 0 Å². The van der Waals surface area contributed by atoms with E-state index in [2.05, 4.69) is 15.9 Å². The van der Waals surface area contributed by atoms with Gasteiger partial charge in [-0.1, -0.05) is 22.9 Å². The van der Waals surface area contributed by atoms with Gasteiger partial charge in [0.15, 0.2) is 0 Å². The molecule has 0 saturated heterocycles. The molecule has 0 N–H and O–H groups in total. The summed E-state index contributed by atoms with van der Waals surface area (Å²) < 4.78 is 21.6. The largest absolute Gasteiger partial charge is 1.00 e. The van der Waals surface area contributed by atoms with Crippen molar-refractivity contribution in [2.24, 2.45) is 0 Å². The van der Waals surface area contributed by atoms with Crippen molar-refractivity contribution in [2.75, 3.05) is 0 Å². The molecule has 0 radical (unpaired) electrons. The Balaban J connectivity index is -0.000000125. The zero-order valence-electron chi connectivity index (χ0n) is 4.67. The molecule has 0 fully saturated rings. The SMILES string of the molecule is CC(Br)B(F)F.[F-].[K+]. The minimum absolute atomic E-state index is 0. The van der Waals surface area contributed by atoms with Crippen LogP contribution in [0.1, 0.15) is 6.92 Å². The van der Waals surface area contributed by atoms with E-state index >= 15 is 0 Å². The van der Waals surface area contributed by atoms with Crippen molar-refractivity contribution in [3.05, 3.63) is 0 Å². The Bertz CT molecular complexity index is 38.3. The summed E-state index contributed by atoms with van der Waals surface area (Å²) in [7, 11) is -2.23. The maximum atomic E-state index is 11.1. The van der Waals surface area contributed by atoms with Gasteiger partial charge in [0, 0.05) is 0 Å². The van der Waals surface area contributed by atoms with Crippen LogP contribution in [0.25, 0.3) is 0 Å². The zero-order valence-corrected chi connectivity index (χ0v) is 9.38. The van der Waals surface area contributed by atoms with E-state index in [9.17, 15) is 8.63 Å². The van der Waals surface area contributed by atoms with Gasteiger partial charge in [-0.3, -0.25) is 8.63 Å². The maximum absolute atomic E-state index is 11.1. The van der Waals surface area contributed by atoms with Crippen molar-refractivity contribution in [1.29, 1.82) is 0 Å². The van der Waals surface area contributed by atoms with Crippen molar-refractivity contribution < 1.29 is 64.7 Å². The molecule has 0 amide bonds. The zero-order chi connectivity index (χ0) is 5.15. The molecule has 0 nitrogen and oxygen atoms in total. The molecule has 0 aliphatic rings. The van der Waals surface area contributed by atoms with Gasteiger partial charge in [-0.25, -0.2) is 0 Å². The molecule has 0 saturated carbocycles. The van der Waals surface area contributed by atoms with E-state index in [0.29, 0.717) is 0 Å². The summed E-state index contributed by atoms with van der Waals surface area (Å²) in [5, 5.41) is 0. The third-order valence-corrected chi connectivity index (χ3v) is 0.747. The van der Waals surface area contributed by atoms with Crippen LogP contribution in [-0.2, 0) is 0 Å². The Labute approximate surface area is 97.9 Å². The van der Waals surface area contributed by atoms with E-state index in [1.165, 1.54) is 6.92 Å². The fourth-order valence-corrected chi connectivity index (χ4v) is 0. The average Bonchev–Trinajstić information content (AvgIpc) is 1.36. The summed E-state index contributed by atoms with van der Waals surface area (Å²) in [6.45, 7) is 1.41. The molecule has 0 aromatic rings. The first-order valence-corrected chi connectivity index (χ1v) is 2.48. The molecule has 0 rings (SSSR count). The summed E-state index contributed by atoms with van der Waals surface area (Å²) in [6, 6.07) is 0. The van der Waals surface area contributed by atoms with Crippen molar-refractivity contribution in [2.45, 2.75) is 11.7 Å². The molecule has 0 aliphatic heterocycles. The first-order valence-electron chi connectivity index (χ1n) is 1.57. The molecular weight excluding hydrogens is 211 g/mol. The average molecular weight is 215 g/mol.